The third kappa shape index (κ3) is 4.84. The Morgan fingerprint density at radius 3 is 2.79 bits per heavy atom. The van der Waals surface area contributed by atoms with Crippen LogP contribution in [-0.2, 0) is 14.3 Å². The zero-order chi connectivity index (χ0) is 14.3. The molecule has 0 spiro atoms. The summed E-state index contributed by atoms with van der Waals surface area (Å²) < 4.78 is 23.1. The van der Waals surface area contributed by atoms with Crippen molar-refractivity contribution < 1.29 is 23.8 Å². The van der Waals surface area contributed by atoms with Crippen molar-refractivity contribution in [2.75, 3.05) is 26.9 Å². The molecule has 0 radical (unpaired) electrons. The van der Waals surface area contributed by atoms with E-state index >= 15 is 0 Å². The van der Waals surface area contributed by atoms with E-state index in [4.69, 9.17) is 9.47 Å². The van der Waals surface area contributed by atoms with Crippen molar-refractivity contribution in [1.82, 2.24) is 5.32 Å². The van der Waals surface area contributed by atoms with E-state index in [0.717, 1.165) is 6.07 Å². The first-order valence-corrected chi connectivity index (χ1v) is 5.97. The number of methoxy groups -OCH3 is 1. The molecular formula is C13H18FNO4. The standard InChI is InChI=1S/C13H18FNO4/c1-3-19-13(17)12(15-4-5-18-2)9-6-10(14)8-11(16)7-9/h6-8,12,15-16H,3-5H2,1-2H3. The van der Waals surface area contributed by atoms with E-state index in [9.17, 15) is 14.3 Å². The summed E-state index contributed by atoms with van der Waals surface area (Å²) in [6.07, 6.45) is 0. The van der Waals surface area contributed by atoms with Gasteiger partial charge in [-0.15, -0.1) is 0 Å². The van der Waals surface area contributed by atoms with Crippen molar-refractivity contribution in [1.29, 1.82) is 0 Å². The molecule has 106 valence electrons. The second kappa shape index (κ2) is 7.70. The molecule has 0 saturated heterocycles. The smallest absolute Gasteiger partial charge is 0.327 e. The van der Waals surface area contributed by atoms with Gasteiger partial charge in [0.25, 0.3) is 0 Å². The van der Waals surface area contributed by atoms with Gasteiger partial charge in [0.15, 0.2) is 0 Å². The zero-order valence-corrected chi connectivity index (χ0v) is 11.0. The molecule has 2 N–H and O–H groups in total. The van der Waals surface area contributed by atoms with Gasteiger partial charge in [-0.05, 0) is 24.6 Å². The molecule has 0 saturated carbocycles. The number of phenols is 1. The van der Waals surface area contributed by atoms with Crippen LogP contribution in [0.25, 0.3) is 0 Å². The van der Waals surface area contributed by atoms with E-state index in [1.54, 1.807) is 6.92 Å². The highest BCUT2D eigenvalue weighted by Crippen LogP contribution is 2.21. The highest BCUT2D eigenvalue weighted by molar-refractivity contribution is 5.77. The maximum atomic E-state index is 13.3. The highest BCUT2D eigenvalue weighted by Gasteiger charge is 2.22. The van der Waals surface area contributed by atoms with Crippen LogP contribution in [0.15, 0.2) is 18.2 Å². The molecular weight excluding hydrogens is 253 g/mol. The summed E-state index contributed by atoms with van der Waals surface area (Å²) in [5.41, 5.74) is 0.312. The Hall–Kier alpha value is -1.66. The fourth-order valence-corrected chi connectivity index (χ4v) is 1.63. The fourth-order valence-electron chi connectivity index (χ4n) is 1.63. The van der Waals surface area contributed by atoms with Gasteiger partial charge in [0.1, 0.15) is 17.6 Å². The lowest BCUT2D eigenvalue weighted by Gasteiger charge is -2.17. The molecule has 0 fully saturated rings. The number of benzene rings is 1. The van der Waals surface area contributed by atoms with Gasteiger partial charge in [0.2, 0.25) is 0 Å². The topological polar surface area (TPSA) is 67.8 Å². The number of nitrogens with one attached hydrogen (secondary N) is 1. The van der Waals surface area contributed by atoms with E-state index < -0.39 is 17.8 Å². The molecule has 0 bridgehead atoms. The lowest BCUT2D eigenvalue weighted by molar-refractivity contribution is -0.145. The summed E-state index contributed by atoms with van der Waals surface area (Å²) in [4.78, 5) is 11.8. The minimum atomic E-state index is -0.836. The van der Waals surface area contributed by atoms with Crippen LogP contribution in [-0.4, -0.2) is 37.9 Å². The molecule has 1 unspecified atom stereocenters. The lowest BCUT2D eigenvalue weighted by atomic mass is 10.1. The number of esters is 1. The van der Waals surface area contributed by atoms with E-state index in [-0.39, 0.29) is 12.4 Å². The minimum absolute atomic E-state index is 0.225. The van der Waals surface area contributed by atoms with Crippen molar-refractivity contribution in [2.24, 2.45) is 0 Å². The number of aromatic hydroxyl groups is 1. The summed E-state index contributed by atoms with van der Waals surface area (Å²) in [6.45, 7) is 2.71. The SMILES string of the molecule is CCOC(=O)C(NCCOC)c1cc(O)cc(F)c1. The number of rotatable bonds is 7. The average molecular weight is 271 g/mol. The molecule has 0 aliphatic carbocycles. The largest absolute Gasteiger partial charge is 0.508 e. The predicted molar refractivity (Wildman–Crippen MR) is 67.3 cm³/mol. The lowest BCUT2D eigenvalue weighted by Crippen LogP contribution is -2.32. The van der Waals surface area contributed by atoms with E-state index in [1.165, 1.54) is 19.2 Å². The maximum Gasteiger partial charge on any atom is 0.327 e. The van der Waals surface area contributed by atoms with Crippen molar-refractivity contribution in [3.63, 3.8) is 0 Å². The molecule has 6 heteroatoms. The number of carbonyl (C=O) groups excluding carboxylic acids is 1. The van der Waals surface area contributed by atoms with Gasteiger partial charge in [-0.2, -0.15) is 0 Å². The van der Waals surface area contributed by atoms with Crippen molar-refractivity contribution >= 4 is 5.97 Å². The van der Waals surface area contributed by atoms with Gasteiger partial charge in [-0.3, -0.25) is 5.32 Å². The number of carbonyl (C=O) groups is 1. The predicted octanol–water partition coefficient (Wildman–Crippen LogP) is 1.37. The van der Waals surface area contributed by atoms with Crippen LogP contribution in [0.4, 0.5) is 4.39 Å². The summed E-state index contributed by atoms with van der Waals surface area (Å²) in [6, 6.07) is 2.64. The van der Waals surface area contributed by atoms with Crippen LogP contribution in [0, 0.1) is 5.82 Å². The van der Waals surface area contributed by atoms with Crippen LogP contribution in [0.2, 0.25) is 0 Å². The third-order valence-electron chi connectivity index (χ3n) is 2.42. The second-order valence-corrected chi connectivity index (χ2v) is 3.87. The van der Waals surface area contributed by atoms with Gasteiger partial charge >= 0.3 is 5.97 Å². The number of hydrogen-bond donors (Lipinski definition) is 2. The third-order valence-corrected chi connectivity index (χ3v) is 2.42. The quantitative estimate of drug-likeness (QED) is 0.579. The van der Waals surface area contributed by atoms with Gasteiger partial charge in [-0.1, -0.05) is 0 Å². The molecule has 19 heavy (non-hydrogen) atoms. The Kier molecular flexibility index (Phi) is 6.24. The van der Waals surface area contributed by atoms with E-state index in [0.29, 0.717) is 18.7 Å². The number of ether oxygens (including phenoxy) is 2. The summed E-state index contributed by atoms with van der Waals surface area (Å²) in [5, 5.41) is 12.3. The highest BCUT2D eigenvalue weighted by atomic mass is 19.1. The fraction of sp³-hybridized carbons (Fsp3) is 0.462. The van der Waals surface area contributed by atoms with Gasteiger partial charge in [0, 0.05) is 19.7 Å². The summed E-state index contributed by atoms with van der Waals surface area (Å²) in [7, 11) is 1.54. The molecule has 0 aliphatic rings. The molecule has 0 aliphatic heterocycles. The van der Waals surface area contributed by atoms with Crippen molar-refractivity contribution in [3.05, 3.63) is 29.6 Å². The zero-order valence-electron chi connectivity index (χ0n) is 11.0. The Morgan fingerprint density at radius 2 is 2.21 bits per heavy atom. The van der Waals surface area contributed by atoms with Gasteiger partial charge < -0.3 is 14.6 Å². The molecule has 0 heterocycles. The molecule has 5 nitrogen and oxygen atoms in total. The Labute approximate surface area is 111 Å². The Balaban J connectivity index is 2.90. The van der Waals surface area contributed by atoms with Crippen LogP contribution < -0.4 is 5.32 Å². The van der Waals surface area contributed by atoms with Crippen molar-refractivity contribution in [2.45, 2.75) is 13.0 Å². The van der Waals surface area contributed by atoms with Gasteiger partial charge in [-0.25, -0.2) is 9.18 Å². The number of halogens is 1. The molecule has 1 rings (SSSR count). The van der Waals surface area contributed by atoms with E-state index in [2.05, 4.69) is 5.32 Å². The van der Waals surface area contributed by atoms with Gasteiger partial charge in [0.05, 0.1) is 13.2 Å². The monoisotopic (exact) mass is 271 g/mol. The van der Waals surface area contributed by atoms with Crippen LogP contribution in [0.3, 0.4) is 0 Å². The van der Waals surface area contributed by atoms with Crippen molar-refractivity contribution in [3.8, 4) is 5.75 Å². The molecule has 0 amide bonds. The molecule has 1 aromatic rings. The average Bonchev–Trinajstić information content (AvgIpc) is 2.33. The first-order valence-electron chi connectivity index (χ1n) is 5.97. The maximum absolute atomic E-state index is 13.3. The van der Waals surface area contributed by atoms with Crippen LogP contribution >= 0.6 is 0 Å². The molecule has 1 aromatic carbocycles. The Bertz CT molecular complexity index is 405. The van der Waals surface area contributed by atoms with E-state index in [1.807, 2.05) is 0 Å². The van der Waals surface area contributed by atoms with Crippen LogP contribution in [0.5, 0.6) is 5.75 Å². The first-order chi connectivity index (χ1) is 9.08. The number of hydrogen-bond acceptors (Lipinski definition) is 5. The molecule has 0 aromatic heterocycles. The number of phenolic OH excluding ortho intramolecular Hbond substituents is 1. The second-order valence-electron chi connectivity index (χ2n) is 3.87. The normalized spacial score (nSPS) is 12.2. The summed E-state index contributed by atoms with van der Waals surface area (Å²) in [5.74, 6) is -1.38. The first kappa shape index (κ1) is 15.4. The Morgan fingerprint density at radius 1 is 1.47 bits per heavy atom. The minimum Gasteiger partial charge on any atom is -0.508 e. The summed E-state index contributed by atoms with van der Waals surface area (Å²) >= 11 is 0. The molecule has 1 atom stereocenters. The van der Waals surface area contributed by atoms with Crippen LogP contribution in [0.1, 0.15) is 18.5 Å².